The number of methoxy groups -OCH3 is 1. The largest absolute Gasteiger partial charge is 0.495 e. The average Bonchev–Trinajstić information content (AvgIpc) is 3.22. The Morgan fingerprint density at radius 3 is 2.63 bits per heavy atom. The van der Waals surface area contributed by atoms with Gasteiger partial charge in [0.1, 0.15) is 17.4 Å². The zero-order valence-corrected chi connectivity index (χ0v) is 20.8. The third kappa shape index (κ3) is 5.02. The van der Waals surface area contributed by atoms with Gasteiger partial charge in [0.2, 0.25) is 5.91 Å². The molecule has 10 heteroatoms. The van der Waals surface area contributed by atoms with Gasteiger partial charge in [0.05, 0.1) is 25.4 Å². The molecular weight excluding hydrogens is 444 g/mol. The molecule has 1 unspecified atom stereocenters. The molecule has 35 heavy (non-hydrogen) atoms. The van der Waals surface area contributed by atoms with Gasteiger partial charge in [-0.15, -0.1) is 0 Å². The van der Waals surface area contributed by atoms with E-state index in [-0.39, 0.29) is 24.0 Å². The van der Waals surface area contributed by atoms with Crippen molar-refractivity contribution in [3.63, 3.8) is 0 Å². The highest BCUT2D eigenvalue weighted by Crippen LogP contribution is 2.36. The van der Waals surface area contributed by atoms with Crippen LogP contribution in [0.5, 0.6) is 5.75 Å². The summed E-state index contributed by atoms with van der Waals surface area (Å²) in [6.45, 7) is 2.42. The lowest BCUT2D eigenvalue weighted by Crippen LogP contribution is -2.58. The fraction of sp³-hybridized carbons (Fsp3) is 0.520. The quantitative estimate of drug-likeness (QED) is 0.474. The summed E-state index contributed by atoms with van der Waals surface area (Å²) < 4.78 is 5.43. The summed E-state index contributed by atoms with van der Waals surface area (Å²) in [6, 6.07) is 6.57. The summed E-state index contributed by atoms with van der Waals surface area (Å²) in [6.07, 6.45) is 6.82. The van der Waals surface area contributed by atoms with Crippen LogP contribution in [0.2, 0.25) is 0 Å². The number of pyridine rings is 2. The first-order valence-electron chi connectivity index (χ1n) is 12.3. The molecule has 2 bridgehead atoms. The second-order valence-corrected chi connectivity index (χ2v) is 9.95. The predicted octanol–water partition coefficient (Wildman–Crippen LogP) is 3.30. The number of rotatable bonds is 7. The van der Waals surface area contributed by atoms with Crippen LogP contribution in [0.3, 0.4) is 0 Å². The molecule has 1 amide bonds. The summed E-state index contributed by atoms with van der Waals surface area (Å²) >= 11 is 0. The summed E-state index contributed by atoms with van der Waals surface area (Å²) in [5.74, 6) is 3.06. The number of carbonyl (C=O) groups is 1. The van der Waals surface area contributed by atoms with Crippen LogP contribution in [-0.4, -0.2) is 81.7 Å². The Kier molecular flexibility index (Phi) is 6.46. The van der Waals surface area contributed by atoms with E-state index in [4.69, 9.17) is 9.72 Å². The van der Waals surface area contributed by atoms with Crippen LogP contribution in [0.4, 0.5) is 17.5 Å². The maximum absolute atomic E-state index is 13.0. The number of nitrogens with zero attached hydrogens (tertiary/aromatic N) is 5. The van der Waals surface area contributed by atoms with Crippen LogP contribution in [0, 0.1) is 6.92 Å². The molecule has 2 aliphatic heterocycles. The van der Waals surface area contributed by atoms with Gasteiger partial charge in [-0.2, -0.15) is 5.10 Å². The number of aromatic amines is 1. The monoisotopic (exact) mass is 478 g/mol. The second-order valence-electron chi connectivity index (χ2n) is 9.95. The highest BCUT2D eigenvalue weighted by molar-refractivity contribution is 5.92. The number of anilines is 3. The van der Waals surface area contributed by atoms with Gasteiger partial charge in [-0.1, -0.05) is 0 Å². The minimum Gasteiger partial charge on any atom is -0.495 e. The molecule has 5 rings (SSSR count). The number of likely N-dealkylation sites (N-methyl/N-ethyl adjacent to an activating group) is 1. The minimum atomic E-state index is 0.221. The predicted molar refractivity (Wildman–Crippen MR) is 136 cm³/mol. The number of hydrogen-bond acceptors (Lipinski definition) is 8. The number of nitrogens with one attached hydrogen (secondary N) is 3. The van der Waals surface area contributed by atoms with Gasteiger partial charge in [-0.25, -0.2) is 4.98 Å². The lowest BCUT2D eigenvalue weighted by molar-refractivity contribution is -0.141. The van der Waals surface area contributed by atoms with Crippen LogP contribution in [-0.2, 0) is 4.79 Å². The van der Waals surface area contributed by atoms with Gasteiger partial charge in [0, 0.05) is 41.3 Å². The molecule has 3 atom stereocenters. The number of aromatic nitrogens is 4. The van der Waals surface area contributed by atoms with Crippen LogP contribution in [0.25, 0.3) is 10.9 Å². The standard InChI is InChI=1S/C25H34N8O2/c1-15-8-23(31-30-15)28-22-12-21-20(11-19(35-4)13-26-21)25(29-22)27-16-9-17-6-5-7-18(10-16)33(17)24(34)14-32(2)3/h8,11-13,16-18H,5-7,9-10,14H2,1-4H3,(H3,27,28,29,30,31)/t16?,17-,18+. The van der Waals surface area contributed by atoms with E-state index in [1.807, 2.05) is 44.1 Å². The number of aryl methyl sites for hydroxylation is 1. The van der Waals surface area contributed by atoms with Crippen molar-refractivity contribution < 1.29 is 9.53 Å². The van der Waals surface area contributed by atoms with E-state index in [1.165, 1.54) is 6.42 Å². The van der Waals surface area contributed by atoms with Crippen molar-refractivity contribution in [2.24, 2.45) is 0 Å². The second kappa shape index (κ2) is 9.69. The number of ether oxygens (including phenoxy) is 1. The van der Waals surface area contributed by atoms with Gasteiger partial charge in [-0.05, 0) is 59.2 Å². The van der Waals surface area contributed by atoms with Crippen molar-refractivity contribution in [3.05, 3.63) is 30.1 Å². The zero-order valence-electron chi connectivity index (χ0n) is 20.8. The molecule has 5 heterocycles. The van der Waals surface area contributed by atoms with Gasteiger partial charge in [0.15, 0.2) is 5.82 Å². The Balaban J connectivity index is 1.42. The minimum absolute atomic E-state index is 0.221. The molecule has 2 aliphatic rings. The van der Waals surface area contributed by atoms with E-state index >= 15 is 0 Å². The van der Waals surface area contributed by atoms with Gasteiger partial charge >= 0.3 is 0 Å². The first-order chi connectivity index (χ1) is 16.9. The normalized spacial score (nSPS) is 21.9. The van der Waals surface area contributed by atoms with E-state index in [1.54, 1.807) is 13.3 Å². The first kappa shape index (κ1) is 23.3. The van der Waals surface area contributed by atoms with Gasteiger partial charge < -0.3 is 25.2 Å². The lowest BCUT2D eigenvalue weighted by Gasteiger charge is -2.49. The summed E-state index contributed by atoms with van der Waals surface area (Å²) in [7, 11) is 5.54. The van der Waals surface area contributed by atoms with Crippen molar-refractivity contribution in [3.8, 4) is 5.75 Å². The van der Waals surface area contributed by atoms with Crippen molar-refractivity contribution in [1.82, 2.24) is 30.0 Å². The molecule has 0 spiro atoms. The molecule has 3 aromatic heterocycles. The van der Waals surface area contributed by atoms with Crippen molar-refractivity contribution in [2.45, 2.75) is 57.2 Å². The van der Waals surface area contributed by atoms with Crippen molar-refractivity contribution in [1.29, 1.82) is 0 Å². The lowest BCUT2D eigenvalue weighted by atomic mass is 9.81. The maximum atomic E-state index is 13.0. The molecule has 0 aromatic carbocycles. The Morgan fingerprint density at radius 1 is 1.20 bits per heavy atom. The molecule has 3 aromatic rings. The molecular formula is C25H34N8O2. The Labute approximate surface area is 205 Å². The van der Waals surface area contributed by atoms with Crippen molar-refractivity contribution in [2.75, 3.05) is 38.4 Å². The van der Waals surface area contributed by atoms with Crippen LogP contribution < -0.4 is 15.4 Å². The molecule has 2 saturated heterocycles. The molecule has 10 nitrogen and oxygen atoms in total. The third-order valence-corrected chi connectivity index (χ3v) is 6.91. The smallest absolute Gasteiger partial charge is 0.237 e. The van der Waals surface area contributed by atoms with Crippen molar-refractivity contribution >= 4 is 34.3 Å². The number of carbonyl (C=O) groups excluding carboxylic acids is 1. The number of hydrogen-bond donors (Lipinski definition) is 3. The van der Waals surface area contributed by atoms with Gasteiger partial charge in [-0.3, -0.25) is 14.9 Å². The first-order valence-corrected chi connectivity index (χ1v) is 12.3. The van der Waals surface area contributed by atoms with E-state index in [0.29, 0.717) is 23.9 Å². The number of amides is 1. The van der Waals surface area contributed by atoms with E-state index in [0.717, 1.165) is 48.1 Å². The number of fused-ring (bicyclic) bond motifs is 3. The van der Waals surface area contributed by atoms with Crippen LogP contribution >= 0.6 is 0 Å². The average molecular weight is 479 g/mol. The van der Waals surface area contributed by atoms with Crippen LogP contribution in [0.15, 0.2) is 24.4 Å². The molecule has 3 N–H and O–H groups in total. The fourth-order valence-electron chi connectivity index (χ4n) is 5.45. The number of piperidine rings is 2. The topological polar surface area (TPSA) is 111 Å². The Morgan fingerprint density at radius 2 is 1.97 bits per heavy atom. The highest BCUT2D eigenvalue weighted by Gasteiger charge is 2.40. The summed E-state index contributed by atoms with van der Waals surface area (Å²) in [5, 5.41) is 15.1. The molecule has 186 valence electrons. The van der Waals surface area contributed by atoms with E-state index < -0.39 is 0 Å². The molecule has 2 fully saturated rings. The Hall–Kier alpha value is -3.40. The number of H-pyrrole nitrogens is 1. The molecule has 0 saturated carbocycles. The van der Waals surface area contributed by atoms with E-state index in [9.17, 15) is 4.79 Å². The summed E-state index contributed by atoms with van der Waals surface area (Å²) in [5.41, 5.74) is 1.79. The highest BCUT2D eigenvalue weighted by atomic mass is 16.5. The van der Waals surface area contributed by atoms with Gasteiger partial charge in [0.25, 0.3) is 0 Å². The zero-order chi connectivity index (χ0) is 24.5. The SMILES string of the molecule is COc1cnc2cc(Nc3cc(C)[nH]n3)nc(NC3C[C@H]4CCC[C@@H](C3)N4C(=O)CN(C)C)c2c1. The van der Waals surface area contributed by atoms with E-state index in [2.05, 4.69) is 30.7 Å². The Bertz CT molecular complexity index is 1200. The summed E-state index contributed by atoms with van der Waals surface area (Å²) in [4.78, 5) is 26.6. The third-order valence-electron chi connectivity index (χ3n) is 6.91. The molecule has 0 aliphatic carbocycles. The van der Waals surface area contributed by atoms with Crippen LogP contribution in [0.1, 0.15) is 37.8 Å². The molecule has 0 radical (unpaired) electrons. The fourth-order valence-corrected chi connectivity index (χ4v) is 5.45. The maximum Gasteiger partial charge on any atom is 0.237 e.